The van der Waals surface area contributed by atoms with E-state index in [4.69, 9.17) is 5.11 Å². The summed E-state index contributed by atoms with van der Waals surface area (Å²) in [5.41, 5.74) is -0.215. The quantitative estimate of drug-likeness (QED) is 0.882. The lowest BCUT2D eigenvalue weighted by Crippen LogP contribution is -2.39. The number of benzene rings is 1. The number of urea groups is 1. The zero-order chi connectivity index (χ0) is 14.6. The first-order valence-corrected chi connectivity index (χ1v) is 5.97. The molecule has 1 aromatic rings. The number of carbonyl (C=O) groups excluding carboxylic acids is 1. The number of hydrogen-bond donors (Lipinski definition) is 2. The van der Waals surface area contributed by atoms with E-state index in [1.54, 1.807) is 4.90 Å². The van der Waals surface area contributed by atoms with E-state index in [-0.39, 0.29) is 17.8 Å². The van der Waals surface area contributed by atoms with Crippen LogP contribution in [0.15, 0.2) is 18.2 Å². The summed E-state index contributed by atoms with van der Waals surface area (Å²) in [5, 5.41) is 11.4. The number of nitrogens with zero attached hydrogens (tertiary/aromatic N) is 1. The van der Waals surface area contributed by atoms with E-state index in [1.165, 1.54) is 6.07 Å². The SMILES string of the molecule is CCN(C(=O)Nc1ccc(F)c(C(=O)O)c1)C(C)C. The summed E-state index contributed by atoms with van der Waals surface area (Å²) in [6.45, 7) is 6.11. The van der Waals surface area contributed by atoms with Gasteiger partial charge in [-0.15, -0.1) is 0 Å². The number of carboxylic acids is 1. The van der Waals surface area contributed by atoms with Gasteiger partial charge in [-0.1, -0.05) is 0 Å². The summed E-state index contributed by atoms with van der Waals surface area (Å²) in [6, 6.07) is 3.12. The number of hydrogen-bond acceptors (Lipinski definition) is 2. The van der Waals surface area contributed by atoms with Gasteiger partial charge in [0.05, 0.1) is 5.56 Å². The highest BCUT2D eigenvalue weighted by atomic mass is 19.1. The molecular formula is C13H17FN2O3. The van der Waals surface area contributed by atoms with Crippen LogP contribution in [0.5, 0.6) is 0 Å². The fourth-order valence-corrected chi connectivity index (χ4v) is 1.71. The van der Waals surface area contributed by atoms with Crippen molar-refractivity contribution in [2.75, 3.05) is 11.9 Å². The highest BCUT2D eigenvalue weighted by Crippen LogP contribution is 2.15. The van der Waals surface area contributed by atoms with Crippen molar-refractivity contribution >= 4 is 17.7 Å². The average Bonchev–Trinajstić information content (AvgIpc) is 2.31. The standard InChI is InChI=1S/C13H17FN2O3/c1-4-16(8(2)3)13(19)15-9-5-6-11(14)10(7-9)12(17)18/h5-8H,4H2,1-3H3,(H,15,19)(H,17,18). The van der Waals surface area contributed by atoms with Gasteiger partial charge in [0, 0.05) is 18.3 Å². The second-order valence-electron chi connectivity index (χ2n) is 4.31. The third kappa shape index (κ3) is 3.67. The van der Waals surface area contributed by atoms with Crippen molar-refractivity contribution in [2.45, 2.75) is 26.8 Å². The van der Waals surface area contributed by atoms with Gasteiger partial charge in [0.25, 0.3) is 0 Å². The second kappa shape index (κ2) is 6.17. The van der Waals surface area contributed by atoms with Crippen molar-refractivity contribution < 1.29 is 19.1 Å². The molecule has 0 aromatic heterocycles. The first-order valence-electron chi connectivity index (χ1n) is 5.97. The molecule has 0 aliphatic carbocycles. The Bertz CT molecular complexity index is 489. The second-order valence-corrected chi connectivity index (χ2v) is 4.31. The number of nitrogens with one attached hydrogen (secondary N) is 1. The fraction of sp³-hybridized carbons (Fsp3) is 0.385. The van der Waals surface area contributed by atoms with Crippen molar-refractivity contribution in [2.24, 2.45) is 0 Å². The van der Waals surface area contributed by atoms with E-state index >= 15 is 0 Å². The van der Waals surface area contributed by atoms with Crippen LogP contribution < -0.4 is 5.32 Å². The molecule has 104 valence electrons. The molecular weight excluding hydrogens is 251 g/mol. The highest BCUT2D eigenvalue weighted by Gasteiger charge is 2.16. The van der Waals surface area contributed by atoms with Gasteiger partial charge >= 0.3 is 12.0 Å². The lowest BCUT2D eigenvalue weighted by Gasteiger charge is -2.25. The normalized spacial score (nSPS) is 10.4. The van der Waals surface area contributed by atoms with Crippen molar-refractivity contribution in [3.63, 3.8) is 0 Å². The number of amides is 2. The van der Waals surface area contributed by atoms with Crippen LogP contribution in [0.2, 0.25) is 0 Å². The smallest absolute Gasteiger partial charge is 0.338 e. The minimum absolute atomic E-state index is 0.0180. The molecule has 5 nitrogen and oxygen atoms in total. The maximum Gasteiger partial charge on any atom is 0.338 e. The van der Waals surface area contributed by atoms with Crippen LogP contribution in [-0.2, 0) is 0 Å². The molecule has 0 radical (unpaired) electrons. The Morgan fingerprint density at radius 1 is 1.42 bits per heavy atom. The third-order valence-electron chi connectivity index (χ3n) is 2.67. The molecule has 2 N–H and O–H groups in total. The van der Waals surface area contributed by atoms with Gasteiger partial charge in [0.15, 0.2) is 0 Å². The van der Waals surface area contributed by atoms with Gasteiger partial charge in [0.2, 0.25) is 0 Å². The zero-order valence-corrected chi connectivity index (χ0v) is 11.1. The Morgan fingerprint density at radius 3 is 2.53 bits per heavy atom. The van der Waals surface area contributed by atoms with Crippen LogP contribution in [0.3, 0.4) is 0 Å². The summed E-state index contributed by atoms with van der Waals surface area (Å²) in [5.74, 6) is -2.20. The molecule has 2 amide bonds. The van der Waals surface area contributed by atoms with Crippen LogP contribution in [0.1, 0.15) is 31.1 Å². The molecule has 0 fully saturated rings. The molecule has 0 aliphatic rings. The van der Waals surface area contributed by atoms with Crippen LogP contribution in [0, 0.1) is 5.82 Å². The Morgan fingerprint density at radius 2 is 2.05 bits per heavy atom. The molecule has 0 aliphatic heterocycles. The predicted molar refractivity (Wildman–Crippen MR) is 69.9 cm³/mol. The fourth-order valence-electron chi connectivity index (χ4n) is 1.71. The zero-order valence-electron chi connectivity index (χ0n) is 11.1. The van der Waals surface area contributed by atoms with Crippen LogP contribution in [0.25, 0.3) is 0 Å². The van der Waals surface area contributed by atoms with E-state index in [0.29, 0.717) is 6.54 Å². The Labute approximate surface area is 111 Å². The third-order valence-corrected chi connectivity index (χ3v) is 2.67. The van der Waals surface area contributed by atoms with Crippen LogP contribution >= 0.6 is 0 Å². The molecule has 0 atom stereocenters. The number of rotatable bonds is 4. The maximum absolute atomic E-state index is 13.2. The van der Waals surface area contributed by atoms with Gasteiger partial charge in [-0.25, -0.2) is 14.0 Å². The first-order chi connectivity index (χ1) is 8.86. The summed E-state index contributed by atoms with van der Waals surface area (Å²) in [7, 11) is 0. The largest absolute Gasteiger partial charge is 0.478 e. The molecule has 0 unspecified atom stereocenters. The molecule has 1 aromatic carbocycles. The van der Waals surface area contributed by atoms with E-state index < -0.39 is 17.3 Å². The Balaban J connectivity index is 2.91. The van der Waals surface area contributed by atoms with Crippen molar-refractivity contribution in [1.29, 1.82) is 0 Å². The lowest BCUT2D eigenvalue weighted by molar-refractivity contribution is 0.0692. The summed E-state index contributed by atoms with van der Waals surface area (Å²) in [4.78, 5) is 24.3. The maximum atomic E-state index is 13.2. The van der Waals surface area contributed by atoms with Crippen LogP contribution in [-0.4, -0.2) is 34.6 Å². The Hall–Kier alpha value is -2.11. The molecule has 6 heteroatoms. The molecule has 0 saturated carbocycles. The molecule has 0 spiro atoms. The lowest BCUT2D eigenvalue weighted by atomic mass is 10.2. The van der Waals surface area contributed by atoms with Gasteiger partial charge in [-0.05, 0) is 39.0 Å². The summed E-state index contributed by atoms with van der Waals surface area (Å²) in [6.07, 6.45) is 0. The van der Waals surface area contributed by atoms with E-state index in [0.717, 1.165) is 12.1 Å². The van der Waals surface area contributed by atoms with E-state index in [1.807, 2.05) is 20.8 Å². The molecule has 0 heterocycles. The number of carboxylic acid groups (broad SMARTS) is 1. The number of aromatic carboxylic acids is 1. The molecule has 1 rings (SSSR count). The molecule has 19 heavy (non-hydrogen) atoms. The van der Waals surface area contributed by atoms with Crippen molar-refractivity contribution in [1.82, 2.24) is 4.90 Å². The van der Waals surface area contributed by atoms with E-state index in [2.05, 4.69) is 5.32 Å². The summed E-state index contributed by atoms with van der Waals surface area (Å²) < 4.78 is 13.2. The average molecular weight is 268 g/mol. The van der Waals surface area contributed by atoms with Gasteiger partial charge < -0.3 is 15.3 Å². The minimum Gasteiger partial charge on any atom is -0.478 e. The molecule has 0 bridgehead atoms. The monoisotopic (exact) mass is 268 g/mol. The Kier molecular flexibility index (Phi) is 4.86. The minimum atomic E-state index is -1.37. The number of carbonyl (C=O) groups is 2. The van der Waals surface area contributed by atoms with Gasteiger partial charge in [-0.3, -0.25) is 0 Å². The number of halogens is 1. The highest BCUT2D eigenvalue weighted by molar-refractivity contribution is 5.93. The van der Waals surface area contributed by atoms with E-state index in [9.17, 15) is 14.0 Å². The van der Waals surface area contributed by atoms with Crippen molar-refractivity contribution in [3.05, 3.63) is 29.6 Å². The predicted octanol–water partition coefficient (Wildman–Crippen LogP) is 2.79. The summed E-state index contributed by atoms with van der Waals surface area (Å²) >= 11 is 0. The van der Waals surface area contributed by atoms with Gasteiger partial charge in [-0.2, -0.15) is 0 Å². The number of anilines is 1. The molecule has 0 saturated heterocycles. The topological polar surface area (TPSA) is 69.6 Å². The first kappa shape index (κ1) is 14.9. The van der Waals surface area contributed by atoms with Crippen LogP contribution in [0.4, 0.5) is 14.9 Å². The van der Waals surface area contributed by atoms with Gasteiger partial charge in [0.1, 0.15) is 5.82 Å². The van der Waals surface area contributed by atoms with Crippen molar-refractivity contribution in [3.8, 4) is 0 Å².